The zero-order chi connectivity index (χ0) is 30.5. The molecule has 0 bridgehead atoms. The van der Waals surface area contributed by atoms with E-state index in [1.54, 1.807) is 0 Å². The molecule has 2 N–H and O–H groups in total. The molecule has 43 heavy (non-hydrogen) atoms. The van der Waals surface area contributed by atoms with Gasteiger partial charge in [-0.05, 0) is 81.9 Å². The summed E-state index contributed by atoms with van der Waals surface area (Å²) in [5, 5.41) is 12.8. The van der Waals surface area contributed by atoms with E-state index in [0.29, 0.717) is 36.4 Å². The van der Waals surface area contributed by atoms with Crippen molar-refractivity contribution >= 4 is 38.2 Å². The van der Waals surface area contributed by atoms with Crippen LogP contribution in [0.15, 0.2) is 106 Å². The van der Waals surface area contributed by atoms with E-state index in [9.17, 15) is 10.1 Å². The Hall–Kier alpha value is -4.34. The molecule has 0 spiro atoms. The Kier molecular flexibility index (Phi) is 7.40. The van der Waals surface area contributed by atoms with Crippen LogP contribution in [-0.2, 0) is 11.4 Å². The number of para-hydroxylation sites is 1. The van der Waals surface area contributed by atoms with Crippen molar-refractivity contribution in [3.63, 3.8) is 0 Å². The summed E-state index contributed by atoms with van der Waals surface area (Å²) < 4.78 is 7.09. The van der Waals surface area contributed by atoms with E-state index >= 15 is 0 Å². The molecule has 0 aromatic heterocycles. The number of hydrogen-bond acceptors (Lipinski definition) is 5. The standard InChI is InChI=1S/C37H34BrN3O2/c1-22-16-25(21-43-33-15-8-7-13-29(33)38)23(2)27(17-22)34-28(20-39)36(40)41(31-18-37(3,4)19-32(42)35(31)34)30-14-9-11-24-10-5-6-12-26(24)30/h5-17,34H,18-19,21,40H2,1-4H3. The van der Waals surface area contributed by atoms with Crippen LogP contribution in [0.25, 0.3) is 10.8 Å². The van der Waals surface area contributed by atoms with Crippen molar-refractivity contribution in [3.05, 3.63) is 128 Å². The second-order valence-corrected chi connectivity index (χ2v) is 13.2. The Morgan fingerprint density at radius 2 is 1.74 bits per heavy atom. The van der Waals surface area contributed by atoms with Crippen molar-refractivity contribution in [3.8, 4) is 11.8 Å². The monoisotopic (exact) mass is 631 g/mol. The van der Waals surface area contributed by atoms with Crippen LogP contribution >= 0.6 is 15.9 Å². The van der Waals surface area contributed by atoms with Crippen molar-refractivity contribution in [2.45, 2.75) is 53.1 Å². The average molecular weight is 633 g/mol. The number of benzene rings is 4. The van der Waals surface area contributed by atoms with Gasteiger partial charge in [0.05, 0.1) is 27.7 Å². The number of ether oxygens (including phenoxy) is 1. The zero-order valence-corrected chi connectivity index (χ0v) is 26.5. The number of ketones is 1. The molecule has 6 rings (SSSR count). The van der Waals surface area contributed by atoms with Crippen molar-refractivity contribution < 1.29 is 9.53 Å². The first-order valence-electron chi connectivity index (χ1n) is 14.5. The number of anilines is 1. The number of Topliss-reactive ketones (excluding diaryl/α,β-unsaturated/α-hetero) is 1. The highest BCUT2D eigenvalue weighted by Gasteiger charge is 2.45. The molecule has 1 atom stereocenters. The number of carbonyl (C=O) groups excluding carboxylic acids is 1. The zero-order valence-electron chi connectivity index (χ0n) is 24.9. The Labute approximate surface area is 261 Å². The normalized spacial score (nSPS) is 18.1. The van der Waals surface area contributed by atoms with Gasteiger partial charge in [-0.15, -0.1) is 0 Å². The number of nitrogens with two attached hydrogens (primary N) is 1. The first kappa shape index (κ1) is 28.8. The van der Waals surface area contributed by atoms with E-state index in [1.807, 2.05) is 67.3 Å². The third-order valence-electron chi connectivity index (χ3n) is 8.62. The smallest absolute Gasteiger partial charge is 0.162 e. The highest BCUT2D eigenvalue weighted by molar-refractivity contribution is 9.10. The minimum atomic E-state index is -0.558. The van der Waals surface area contributed by atoms with Crippen LogP contribution < -0.4 is 15.4 Å². The van der Waals surface area contributed by atoms with Gasteiger partial charge in [-0.1, -0.05) is 80.1 Å². The van der Waals surface area contributed by atoms with E-state index in [4.69, 9.17) is 10.5 Å². The number of rotatable bonds is 5. The summed E-state index contributed by atoms with van der Waals surface area (Å²) in [6, 6.07) is 28.6. The van der Waals surface area contributed by atoms with Crippen LogP contribution in [0.5, 0.6) is 5.75 Å². The van der Waals surface area contributed by atoms with Gasteiger partial charge < -0.3 is 10.5 Å². The lowest BCUT2D eigenvalue weighted by Gasteiger charge is -2.44. The lowest BCUT2D eigenvalue weighted by atomic mass is 9.67. The van der Waals surface area contributed by atoms with Gasteiger partial charge in [0.2, 0.25) is 0 Å². The second kappa shape index (κ2) is 11.1. The van der Waals surface area contributed by atoms with Crippen LogP contribution in [0.3, 0.4) is 0 Å². The van der Waals surface area contributed by atoms with Crippen LogP contribution in [0.2, 0.25) is 0 Å². The molecule has 1 unspecified atom stereocenters. The molecule has 4 aromatic rings. The van der Waals surface area contributed by atoms with Crippen molar-refractivity contribution in [1.82, 2.24) is 0 Å². The lowest BCUT2D eigenvalue weighted by molar-refractivity contribution is -0.118. The maximum atomic E-state index is 14.2. The molecule has 0 saturated carbocycles. The van der Waals surface area contributed by atoms with Crippen LogP contribution in [0.1, 0.15) is 54.9 Å². The molecule has 5 nitrogen and oxygen atoms in total. The van der Waals surface area contributed by atoms with Gasteiger partial charge in [0.15, 0.2) is 5.78 Å². The quantitative estimate of drug-likeness (QED) is 0.238. The van der Waals surface area contributed by atoms with E-state index < -0.39 is 5.92 Å². The third kappa shape index (κ3) is 5.13. The number of hydrogen-bond donors (Lipinski definition) is 1. The minimum absolute atomic E-state index is 0.0636. The molecule has 1 aliphatic carbocycles. The molecular formula is C37H34BrN3O2. The summed E-state index contributed by atoms with van der Waals surface area (Å²) >= 11 is 3.57. The van der Waals surface area contributed by atoms with Crippen LogP contribution in [0, 0.1) is 30.6 Å². The molecule has 1 aliphatic heterocycles. The SMILES string of the molecule is Cc1cc(COc2ccccc2Br)c(C)c(C2C(C#N)=C(N)N(c3cccc4ccccc34)C3=C2C(=O)CC(C)(C)C3)c1. The molecule has 0 radical (unpaired) electrons. The number of allylic oxidation sites excluding steroid dienone is 3. The molecule has 4 aromatic carbocycles. The van der Waals surface area contributed by atoms with Gasteiger partial charge in [0, 0.05) is 23.1 Å². The highest BCUT2D eigenvalue weighted by atomic mass is 79.9. The van der Waals surface area contributed by atoms with Gasteiger partial charge in [-0.3, -0.25) is 9.69 Å². The molecule has 2 aliphatic rings. The number of halogens is 1. The fraction of sp³-hybridized carbons (Fsp3) is 0.243. The van der Waals surface area contributed by atoms with Gasteiger partial charge >= 0.3 is 0 Å². The maximum absolute atomic E-state index is 14.2. The second-order valence-electron chi connectivity index (χ2n) is 12.3. The van der Waals surface area contributed by atoms with Gasteiger partial charge in [-0.2, -0.15) is 5.26 Å². The van der Waals surface area contributed by atoms with Crippen molar-refractivity contribution in [1.29, 1.82) is 5.26 Å². The fourth-order valence-electron chi connectivity index (χ4n) is 6.63. The topological polar surface area (TPSA) is 79.3 Å². The Morgan fingerprint density at radius 3 is 2.51 bits per heavy atom. The van der Waals surface area contributed by atoms with E-state index in [2.05, 4.69) is 66.2 Å². The predicted octanol–water partition coefficient (Wildman–Crippen LogP) is 8.74. The molecule has 1 heterocycles. The average Bonchev–Trinajstić information content (AvgIpc) is 2.97. The minimum Gasteiger partial charge on any atom is -0.488 e. The molecular weight excluding hydrogens is 598 g/mol. The Balaban J connectivity index is 1.55. The number of aryl methyl sites for hydroxylation is 1. The van der Waals surface area contributed by atoms with Crippen molar-refractivity contribution in [2.75, 3.05) is 4.90 Å². The summed E-state index contributed by atoms with van der Waals surface area (Å²) in [6.07, 6.45) is 1.07. The summed E-state index contributed by atoms with van der Waals surface area (Å²) in [5.41, 5.74) is 13.5. The fourth-order valence-corrected chi connectivity index (χ4v) is 7.03. The lowest BCUT2D eigenvalue weighted by Crippen LogP contribution is -2.42. The number of nitriles is 1. The molecule has 6 heteroatoms. The molecule has 0 amide bonds. The molecule has 0 fully saturated rings. The molecule has 216 valence electrons. The Morgan fingerprint density at radius 1 is 1.02 bits per heavy atom. The van der Waals surface area contributed by atoms with E-state index in [0.717, 1.165) is 54.6 Å². The largest absolute Gasteiger partial charge is 0.488 e. The predicted molar refractivity (Wildman–Crippen MR) is 175 cm³/mol. The Bertz CT molecular complexity index is 1890. The number of fused-ring (bicyclic) bond motifs is 1. The summed E-state index contributed by atoms with van der Waals surface area (Å²) in [4.78, 5) is 16.2. The molecule has 0 saturated heterocycles. The first-order valence-corrected chi connectivity index (χ1v) is 15.3. The summed E-state index contributed by atoms with van der Waals surface area (Å²) in [6.45, 7) is 8.69. The van der Waals surface area contributed by atoms with Crippen LogP contribution in [0.4, 0.5) is 5.69 Å². The van der Waals surface area contributed by atoms with Crippen LogP contribution in [-0.4, -0.2) is 5.78 Å². The van der Waals surface area contributed by atoms with Crippen molar-refractivity contribution in [2.24, 2.45) is 11.1 Å². The van der Waals surface area contributed by atoms with E-state index in [1.165, 1.54) is 0 Å². The van der Waals surface area contributed by atoms with Gasteiger partial charge in [-0.25, -0.2) is 0 Å². The summed E-state index contributed by atoms with van der Waals surface area (Å²) in [5.74, 6) is 0.635. The van der Waals surface area contributed by atoms with E-state index in [-0.39, 0.29) is 11.2 Å². The summed E-state index contributed by atoms with van der Waals surface area (Å²) in [7, 11) is 0. The number of carbonyl (C=O) groups is 1. The first-order chi connectivity index (χ1) is 20.6. The number of nitrogens with zero attached hydrogens (tertiary/aromatic N) is 2. The third-order valence-corrected chi connectivity index (χ3v) is 9.27. The maximum Gasteiger partial charge on any atom is 0.162 e. The van der Waals surface area contributed by atoms with Gasteiger partial charge in [0.25, 0.3) is 0 Å². The van der Waals surface area contributed by atoms with Gasteiger partial charge in [0.1, 0.15) is 18.2 Å². The highest BCUT2D eigenvalue weighted by Crippen LogP contribution is 2.51.